The van der Waals surface area contributed by atoms with Crippen molar-refractivity contribution in [2.45, 2.75) is 12.3 Å². The van der Waals surface area contributed by atoms with Crippen LogP contribution in [0.1, 0.15) is 11.1 Å². The summed E-state index contributed by atoms with van der Waals surface area (Å²) < 4.78 is 0. The molecule has 0 aliphatic rings. The molecular formula is C38H32P2. The highest BCUT2D eigenvalue weighted by Crippen LogP contribution is 2.42. The van der Waals surface area contributed by atoms with Crippen LogP contribution in [-0.2, 0) is 12.3 Å². The molecule has 0 saturated carbocycles. The molecule has 0 unspecified atom stereocenters. The highest BCUT2D eigenvalue weighted by atomic mass is 31.1. The standard InChI is InChI=1S/C38H32P2/c1-5-19-34(20-6-1)39(35-21-7-2-8-22-35)29-31-16-15-18-32(28-31)38-27-14-13-17-33(38)30-40(36-23-9-3-10-24-36)37-25-11-4-12-26-37/h1-28H,29-30H2. The van der Waals surface area contributed by atoms with Gasteiger partial charge in [-0.1, -0.05) is 170 Å². The second kappa shape index (κ2) is 13.0. The van der Waals surface area contributed by atoms with Crippen molar-refractivity contribution in [3.05, 3.63) is 181 Å². The molecule has 0 aromatic heterocycles. The molecule has 40 heavy (non-hydrogen) atoms. The summed E-state index contributed by atoms with van der Waals surface area (Å²) in [7, 11) is -1.00. The summed E-state index contributed by atoms with van der Waals surface area (Å²) in [5.41, 5.74) is 5.44. The highest BCUT2D eigenvalue weighted by Gasteiger charge is 2.18. The van der Waals surface area contributed by atoms with Crippen molar-refractivity contribution in [2.75, 3.05) is 0 Å². The molecule has 0 nitrogen and oxygen atoms in total. The summed E-state index contributed by atoms with van der Waals surface area (Å²) in [6, 6.07) is 62.3. The highest BCUT2D eigenvalue weighted by molar-refractivity contribution is 7.72. The fraction of sp³-hybridized carbons (Fsp3) is 0.0526. The molecule has 0 amide bonds. The van der Waals surface area contributed by atoms with Crippen LogP contribution in [0.25, 0.3) is 11.1 Å². The van der Waals surface area contributed by atoms with Gasteiger partial charge < -0.3 is 0 Å². The average Bonchev–Trinajstić information content (AvgIpc) is 3.04. The lowest BCUT2D eigenvalue weighted by atomic mass is 9.99. The Morgan fingerprint density at radius 3 is 1.27 bits per heavy atom. The predicted molar refractivity (Wildman–Crippen MR) is 177 cm³/mol. The van der Waals surface area contributed by atoms with Gasteiger partial charge >= 0.3 is 0 Å². The average molecular weight is 551 g/mol. The minimum atomic E-state index is -0.513. The lowest BCUT2D eigenvalue weighted by molar-refractivity contribution is 1.37. The van der Waals surface area contributed by atoms with Gasteiger partial charge in [-0.05, 0) is 59.3 Å². The Morgan fingerprint density at radius 2 is 0.775 bits per heavy atom. The largest absolute Gasteiger partial charge is 0.0622 e. The number of hydrogen-bond acceptors (Lipinski definition) is 0. The van der Waals surface area contributed by atoms with E-state index < -0.39 is 15.8 Å². The van der Waals surface area contributed by atoms with Gasteiger partial charge in [0.25, 0.3) is 0 Å². The topological polar surface area (TPSA) is 0 Å². The van der Waals surface area contributed by atoms with Crippen LogP contribution in [-0.4, -0.2) is 0 Å². The van der Waals surface area contributed by atoms with Gasteiger partial charge in [0, 0.05) is 12.3 Å². The van der Waals surface area contributed by atoms with Gasteiger partial charge in [0.15, 0.2) is 0 Å². The third kappa shape index (κ3) is 6.32. The normalized spacial score (nSPS) is 11.2. The lowest BCUT2D eigenvalue weighted by Crippen LogP contribution is -2.13. The summed E-state index contributed by atoms with van der Waals surface area (Å²) in [5.74, 6) is 0. The summed E-state index contributed by atoms with van der Waals surface area (Å²) in [6.07, 6.45) is 2.05. The molecule has 0 radical (unpaired) electrons. The molecule has 0 saturated heterocycles. The monoisotopic (exact) mass is 550 g/mol. The quantitative estimate of drug-likeness (QED) is 0.158. The van der Waals surface area contributed by atoms with Crippen molar-refractivity contribution < 1.29 is 0 Å². The lowest BCUT2D eigenvalue weighted by Gasteiger charge is -2.21. The van der Waals surface area contributed by atoms with Gasteiger partial charge in [0.2, 0.25) is 0 Å². The summed E-state index contributed by atoms with van der Waals surface area (Å²) in [4.78, 5) is 0. The van der Waals surface area contributed by atoms with Crippen LogP contribution in [0.2, 0.25) is 0 Å². The smallest absolute Gasteiger partial charge is 0.00136 e. The first-order chi connectivity index (χ1) is 19.8. The first-order valence-electron chi connectivity index (χ1n) is 13.8. The van der Waals surface area contributed by atoms with Gasteiger partial charge in [-0.3, -0.25) is 0 Å². The Bertz CT molecular complexity index is 1550. The number of rotatable bonds is 9. The predicted octanol–water partition coefficient (Wildman–Crippen LogP) is 8.62. The van der Waals surface area contributed by atoms with E-state index in [1.807, 2.05) is 0 Å². The Morgan fingerprint density at radius 1 is 0.350 bits per heavy atom. The van der Waals surface area contributed by atoms with E-state index >= 15 is 0 Å². The van der Waals surface area contributed by atoms with Crippen molar-refractivity contribution in [2.24, 2.45) is 0 Å². The van der Waals surface area contributed by atoms with Crippen LogP contribution >= 0.6 is 15.8 Å². The van der Waals surface area contributed by atoms with Gasteiger partial charge in [-0.2, -0.15) is 0 Å². The first kappa shape index (κ1) is 26.4. The molecule has 0 spiro atoms. The van der Waals surface area contributed by atoms with E-state index in [4.69, 9.17) is 0 Å². The Kier molecular flexibility index (Phi) is 8.60. The Hall–Kier alpha value is -3.82. The second-order valence-electron chi connectivity index (χ2n) is 9.87. The van der Waals surface area contributed by atoms with Crippen LogP contribution in [0.3, 0.4) is 0 Å². The SMILES string of the molecule is c1ccc(P(Cc2cccc(-c3ccccc3CP(c3ccccc3)c3ccccc3)c2)c2ccccc2)cc1. The van der Waals surface area contributed by atoms with Gasteiger partial charge in [0.05, 0.1) is 0 Å². The third-order valence-electron chi connectivity index (χ3n) is 7.20. The van der Waals surface area contributed by atoms with E-state index in [0.717, 1.165) is 12.3 Å². The zero-order valence-corrected chi connectivity index (χ0v) is 24.3. The molecule has 194 valence electrons. The number of benzene rings is 6. The molecule has 0 N–H and O–H groups in total. The van der Waals surface area contributed by atoms with Crippen molar-refractivity contribution in [1.82, 2.24) is 0 Å². The van der Waals surface area contributed by atoms with Gasteiger partial charge in [-0.25, -0.2) is 0 Å². The van der Waals surface area contributed by atoms with Crippen LogP contribution in [0.5, 0.6) is 0 Å². The van der Waals surface area contributed by atoms with E-state index in [1.165, 1.54) is 43.5 Å². The molecule has 2 heteroatoms. The van der Waals surface area contributed by atoms with Gasteiger partial charge in [0.1, 0.15) is 0 Å². The van der Waals surface area contributed by atoms with Crippen molar-refractivity contribution in [1.29, 1.82) is 0 Å². The van der Waals surface area contributed by atoms with Crippen molar-refractivity contribution >= 4 is 37.1 Å². The van der Waals surface area contributed by atoms with E-state index in [9.17, 15) is 0 Å². The van der Waals surface area contributed by atoms with Crippen LogP contribution in [0.4, 0.5) is 0 Å². The van der Waals surface area contributed by atoms with E-state index in [1.54, 1.807) is 0 Å². The second-order valence-corrected chi connectivity index (χ2v) is 14.3. The van der Waals surface area contributed by atoms with E-state index in [-0.39, 0.29) is 0 Å². The number of hydrogen-bond donors (Lipinski definition) is 0. The van der Waals surface area contributed by atoms with Crippen molar-refractivity contribution in [3.8, 4) is 11.1 Å². The van der Waals surface area contributed by atoms with Gasteiger partial charge in [-0.15, -0.1) is 0 Å². The summed E-state index contributed by atoms with van der Waals surface area (Å²) in [5, 5.41) is 5.68. The molecule has 0 aliphatic carbocycles. The molecule has 0 aliphatic heterocycles. The minimum absolute atomic E-state index is 0.487. The van der Waals surface area contributed by atoms with E-state index in [0.29, 0.717) is 0 Å². The van der Waals surface area contributed by atoms with Crippen LogP contribution in [0, 0.1) is 0 Å². The molecule has 0 heterocycles. The maximum atomic E-state index is 2.42. The first-order valence-corrected chi connectivity index (χ1v) is 16.8. The Balaban J connectivity index is 1.34. The van der Waals surface area contributed by atoms with Crippen molar-refractivity contribution in [3.63, 3.8) is 0 Å². The summed E-state index contributed by atoms with van der Waals surface area (Å²) >= 11 is 0. The van der Waals surface area contributed by atoms with Crippen LogP contribution in [0.15, 0.2) is 170 Å². The van der Waals surface area contributed by atoms with E-state index in [2.05, 4.69) is 170 Å². The molecule has 0 bridgehead atoms. The fourth-order valence-corrected chi connectivity index (χ4v) is 9.86. The summed E-state index contributed by atoms with van der Waals surface area (Å²) in [6.45, 7) is 0. The molecule has 6 rings (SSSR count). The zero-order valence-electron chi connectivity index (χ0n) is 22.5. The molecular weight excluding hydrogens is 518 g/mol. The maximum absolute atomic E-state index is 2.42. The molecule has 6 aromatic rings. The minimum Gasteiger partial charge on any atom is -0.0622 e. The third-order valence-corrected chi connectivity index (χ3v) is 12.2. The molecule has 0 atom stereocenters. The van der Waals surface area contributed by atoms with Crippen LogP contribution < -0.4 is 21.2 Å². The maximum Gasteiger partial charge on any atom is 0.00136 e. The molecule has 0 fully saturated rings. The molecule has 6 aromatic carbocycles. The Labute approximate surface area is 240 Å². The fourth-order valence-electron chi connectivity index (χ4n) is 5.22. The zero-order chi connectivity index (χ0) is 27.0.